The quantitative estimate of drug-likeness (QED) is 0.174. The minimum absolute atomic E-state index is 0.0521. The van der Waals surface area contributed by atoms with E-state index in [1.54, 1.807) is 23.5 Å². The van der Waals surface area contributed by atoms with Crippen molar-refractivity contribution in [1.29, 1.82) is 5.41 Å². The number of benzene rings is 2. The Hall–Kier alpha value is -1.47. The summed E-state index contributed by atoms with van der Waals surface area (Å²) in [5, 5.41) is 12.4. The summed E-state index contributed by atoms with van der Waals surface area (Å²) in [5.74, 6) is 0.261. The van der Waals surface area contributed by atoms with E-state index in [9.17, 15) is 0 Å². The molecule has 35 heavy (non-hydrogen) atoms. The molecule has 0 aliphatic heterocycles. The molecule has 0 bridgehead atoms. The van der Waals surface area contributed by atoms with Crippen LogP contribution >= 0.6 is 23.5 Å². The third-order valence-corrected chi connectivity index (χ3v) is 8.97. The van der Waals surface area contributed by atoms with Crippen LogP contribution < -0.4 is 16.8 Å². The number of hydrogen-bond donors (Lipinski definition) is 4. The molecule has 2 unspecified atom stereocenters. The summed E-state index contributed by atoms with van der Waals surface area (Å²) in [6, 6.07) is 14.4. The SMILES string of the molecule is CSc1cccc(C(C)(N)C(=N)Nc2cc(SC)ccc2C(N)C2(C)CC(C)(C)CC(C)(C)C2)c1. The molecule has 4 nitrogen and oxygen atoms in total. The van der Waals surface area contributed by atoms with Crippen LogP contribution in [0.2, 0.25) is 0 Å². The molecule has 0 heterocycles. The van der Waals surface area contributed by atoms with Gasteiger partial charge in [0.05, 0.1) is 5.54 Å². The van der Waals surface area contributed by atoms with Crippen LogP contribution in [0.4, 0.5) is 5.69 Å². The molecule has 2 aromatic rings. The molecule has 0 amide bonds. The molecule has 0 saturated heterocycles. The van der Waals surface area contributed by atoms with E-state index in [-0.39, 0.29) is 28.1 Å². The first-order valence-electron chi connectivity index (χ1n) is 12.4. The maximum Gasteiger partial charge on any atom is 0.123 e. The third kappa shape index (κ3) is 6.27. The van der Waals surface area contributed by atoms with Gasteiger partial charge in [-0.3, -0.25) is 5.41 Å². The van der Waals surface area contributed by atoms with Gasteiger partial charge >= 0.3 is 0 Å². The Kier molecular flexibility index (Phi) is 8.13. The summed E-state index contributed by atoms with van der Waals surface area (Å²) in [7, 11) is 0. The van der Waals surface area contributed by atoms with Crippen LogP contribution in [0.15, 0.2) is 52.3 Å². The standard InChI is InChI=1S/C29H44N4S2/c1-26(2)16-27(3,4)18-28(5,17-26)24(30)22-13-12-21(35-8)15-23(22)33-25(31)29(6,32)19-10-9-11-20(14-19)34-7/h9-15,24H,16-18,30,32H2,1-8H3,(H2,31,33). The van der Waals surface area contributed by atoms with Crippen molar-refractivity contribution in [2.45, 2.75) is 82.2 Å². The van der Waals surface area contributed by atoms with Crippen molar-refractivity contribution in [2.24, 2.45) is 27.7 Å². The minimum Gasteiger partial charge on any atom is -0.342 e. The number of anilines is 1. The first kappa shape index (κ1) is 28.1. The van der Waals surface area contributed by atoms with Gasteiger partial charge in [-0.15, -0.1) is 23.5 Å². The second-order valence-electron chi connectivity index (χ2n) is 12.4. The van der Waals surface area contributed by atoms with Gasteiger partial charge in [-0.1, -0.05) is 52.8 Å². The van der Waals surface area contributed by atoms with Gasteiger partial charge in [0.2, 0.25) is 0 Å². The number of thioether (sulfide) groups is 2. The molecule has 6 heteroatoms. The van der Waals surface area contributed by atoms with Gasteiger partial charge < -0.3 is 16.8 Å². The van der Waals surface area contributed by atoms with Gasteiger partial charge in [0.1, 0.15) is 5.84 Å². The van der Waals surface area contributed by atoms with E-state index in [1.807, 2.05) is 25.3 Å². The summed E-state index contributed by atoms with van der Waals surface area (Å²) in [6.45, 7) is 13.7. The van der Waals surface area contributed by atoms with E-state index >= 15 is 0 Å². The molecular weight excluding hydrogens is 468 g/mol. The zero-order chi connectivity index (χ0) is 26.2. The van der Waals surface area contributed by atoms with Gasteiger partial charge in [0.25, 0.3) is 0 Å². The lowest BCUT2D eigenvalue weighted by atomic mass is 9.53. The largest absolute Gasteiger partial charge is 0.342 e. The van der Waals surface area contributed by atoms with Crippen LogP contribution in [0.1, 0.15) is 78.0 Å². The highest BCUT2D eigenvalue weighted by Crippen LogP contribution is 2.58. The molecular formula is C29H44N4S2. The van der Waals surface area contributed by atoms with Gasteiger partial charge in [-0.2, -0.15) is 0 Å². The number of rotatable bonds is 7. The fourth-order valence-corrected chi connectivity index (χ4v) is 7.56. The van der Waals surface area contributed by atoms with Crippen LogP contribution in [-0.2, 0) is 5.54 Å². The predicted octanol–water partition coefficient (Wildman–Crippen LogP) is 7.64. The zero-order valence-corrected chi connectivity index (χ0v) is 24.3. The van der Waals surface area contributed by atoms with Crippen LogP contribution in [0, 0.1) is 21.7 Å². The Morgan fingerprint density at radius 3 is 2.09 bits per heavy atom. The Balaban J connectivity index is 1.98. The maximum absolute atomic E-state index is 8.99. The third-order valence-electron chi connectivity index (χ3n) is 7.52. The highest BCUT2D eigenvalue weighted by Gasteiger charge is 2.48. The average Bonchev–Trinajstić information content (AvgIpc) is 2.76. The Morgan fingerprint density at radius 1 is 0.943 bits per heavy atom. The number of hydrogen-bond acceptors (Lipinski definition) is 5. The number of amidine groups is 1. The van der Waals surface area contributed by atoms with E-state index in [0.717, 1.165) is 39.4 Å². The monoisotopic (exact) mass is 512 g/mol. The topological polar surface area (TPSA) is 87.9 Å². The Morgan fingerprint density at radius 2 is 1.51 bits per heavy atom. The smallest absolute Gasteiger partial charge is 0.123 e. The molecule has 1 fully saturated rings. The van der Waals surface area contributed by atoms with Crippen molar-refractivity contribution < 1.29 is 0 Å². The summed E-state index contributed by atoms with van der Waals surface area (Å²) in [5.41, 5.74) is 16.2. The molecule has 0 aromatic heterocycles. The summed E-state index contributed by atoms with van der Waals surface area (Å²) < 4.78 is 0. The summed E-state index contributed by atoms with van der Waals surface area (Å²) in [4.78, 5) is 2.27. The molecule has 3 rings (SSSR count). The van der Waals surface area contributed by atoms with Gasteiger partial charge in [0.15, 0.2) is 0 Å². The fourth-order valence-electron chi connectivity index (χ4n) is 6.66. The Labute approximate surface area is 221 Å². The van der Waals surface area contributed by atoms with E-state index < -0.39 is 5.54 Å². The van der Waals surface area contributed by atoms with Crippen molar-refractivity contribution in [3.63, 3.8) is 0 Å². The first-order valence-corrected chi connectivity index (χ1v) is 14.8. The van der Waals surface area contributed by atoms with Crippen molar-refractivity contribution >= 4 is 35.0 Å². The van der Waals surface area contributed by atoms with Crippen LogP contribution in [0.5, 0.6) is 0 Å². The highest BCUT2D eigenvalue weighted by molar-refractivity contribution is 7.98. The highest BCUT2D eigenvalue weighted by atomic mass is 32.2. The Bertz CT molecular complexity index is 1060. The van der Waals surface area contributed by atoms with Gasteiger partial charge in [-0.05, 0) is 90.3 Å². The molecule has 1 aliphatic rings. The molecule has 1 aliphatic carbocycles. The van der Waals surface area contributed by atoms with Gasteiger partial charge in [-0.25, -0.2) is 0 Å². The zero-order valence-electron chi connectivity index (χ0n) is 22.7. The average molecular weight is 513 g/mol. The normalized spacial score (nSPS) is 21.1. The molecule has 0 radical (unpaired) electrons. The molecule has 6 N–H and O–H groups in total. The summed E-state index contributed by atoms with van der Waals surface area (Å²) >= 11 is 3.36. The van der Waals surface area contributed by atoms with Gasteiger partial charge in [0, 0.05) is 21.5 Å². The molecule has 1 saturated carbocycles. The van der Waals surface area contributed by atoms with Crippen molar-refractivity contribution in [3.05, 3.63) is 53.6 Å². The summed E-state index contributed by atoms with van der Waals surface area (Å²) in [6.07, 6.45) is 7.46. The van der Waals surface area contributed by atoms with E-state index in [1.165, 1.54) is 6.42 Å². The van der Waals surface area contributed by atoms with Crippen molar-refractivity contribution in [3.8, 4) is 0 Å². The van der Waals surface area contributed by atoms with Crippen LogP contribution in [0.3, 0.4) is 0 Å². The molecule has 192 valence electrons. The second-order valence-corrected chi connectivity index (χ2v) is 14.1. The molecule has 0 spiro atoms. The van der Waals surface area contributed by atoms with Crippen LogP contribution in [-0.4, -0.2) is 18.3 Å². The lowest BCUT2D eigenvalue weighted by molar-refractivity contribution is -0.00728. The molecule has 2 aromatic carbocycles. The number of nitrogens with one attached hydrogen (secondary N) is 2. The maximum atomic E-state index is 8.99. The van der Waals surface area contributed by atoms with Crippen molar-refractivity contribution in [1.82, 2.24) is 0 Å². The molecule has 2 atom stereocenters. The van der Waals surface area contributed by atoms with E-state index in [4.69, 9.17) is 16.9 Å². The lowest BCUT2D eigenvalue weighted by Crippen LogP contribution is -2.46. The van der Waals surface area contributed by atoms with Crippen molar-refractivity contribution in [2.75, 3.05) is 17.8 Å². The van der Waals surface area contributed by atoms with E-state index in [2.05, 4.69) is 76.5 Å². The van der Waals surface area contributed by atoms with E-state index in [0.29, 0.717) is 0 Å². The predicted molar refractivity (Wildman–Crippen MR) is 156 cm³/mol. The number of nitrogens with two attached hydrogens (primary N) is 2. The lowest BCUT2D eigenvalue weighted by Gasteiger charge is -2.53. The van der Waals surface area contributed by atoms with Crippen LogP contribution in [0.25, 0.3) is 0 Å². The fraction of sp³-hybridized carbons (Fsp3) is 0.552. The first-order chi connectivity index (χ1) is 16.1. The minimum atomic E-state index is -0.957. The second kappa shape index (κ2) is 10.1.